The molecule has 1 aromatic carbocycles. The van der Waals surface area contributed by atoms with Crippen molar-refractivity contribution in [2.75, 3.05) is 20.3 Å². The Kier molecular flexibility index (Phi) is 5.42. The van der Waals surface area contributed by atoms with Crippen LogP contribution in [0, 0.1) is 0 Å². The van der Waals surface area contributed by atoms with Crippen molar-refractivity contribution < 1.29 is 32.5 Å². The predicted octanol–water partition coefficient (Wildman–Crippen LogP) is 1.97. The zero-order chi connectivity index (χ0) is 18.6. The number of ether oxygens (including phenoxy) is 2. The fraction of sp³-hybridized carbons (Fsp3) is 0.267. The number of nitrogens with zero attached hydrogens (tertiary/aromatic N) is 2. The molecule has 2 rings (SSSR count). The van der Waals surface area contributed by atoms with E-state index in [-0.39, 0.29) is 24.7 Å². The molecule has 0 amide bonds. The van der Waals surface area contributed by atoms with Crippen LogP contribution in [0.1, 0.15) is 16.1 Å². The minimum absolute atomic E-state index is 0.0121. The van der Waals surface area contributed by atoms with Gasteiger partial charge in [-0.25, -0.2) is 9.48 Å². The van der Waals surface area contributed by atoms with Crippen molar-refractivity contribution in [2.45, 2.75) is 6.18 Å². The van der Waals surface area contributed by atoms with E-state index in [2.05, 4.69) is 5.10 Å². The second-order valence-electron chi connectivity index (χ2n) is 4.81. The van der Waals surface area contributed by atoms with Gasteiger partial charge in [0.25, 0.3) is 5.43 Å². The van der Waals surface area contributed by atoms with Crippen LogP contribution in [0.2, 0.25) is 0 Å². The van der Waals surface area contributed by atoms with Gasteiger partial charge in [-0.15, -0.1) is 0 Å². The van der Waals surface area contributed by atoms with Gasteiger partial charge in [0.1, 0.15) is 6.61 Å². The molecule has 1 heterocycles. The van der Waals surface area contributed by atoms with Gasteiger partial charge in [-0.2, -0.15) is 18.3 Å². The van der Waals surface area contributed by atoms with E-state index in [0.29, 0.717) is 0 Å². The maximum atomic E-state index is 12.6. The van der Waals surface area contributed by atoms with Gasteiger partial charge >= 0.3 is 12.1 Å². The van der Waals surface area contributed by atoms with E-state index < -0.39 is 28.8 Å². The molecule has 0 radical (unpaired) electrons. The number of carbonyl (C=O) groups is 1. The first kappa shape index (κ1) is 18.5. The number of hydrogen-bond donors (Lipinski definition) is 1. The monoisotopic (exact) mass is 358 g/mol. The SMILES string of the molecule is COCCOc1cn(-c2ccc(C(F)(F)F)cc2)nc(C(=O)O)c1=O. The number of alkyl halides is 3. The van der Waals surface area contributed by atoms with Crippen LogP contribution in [0.15, 0.2) is 35.3 Å². The first-order valence-electron chi connectivity index (χ1n) is 6.90. The molecule has 0 bridgehead atoms. The summed E-state index contributed by atoms with van der Waals surface area (Å²) in [6.45, 7) is 0.145. The zero-order valence-electron chi connectivity index (χ0n) is 12.9. The number of aromatic carboxylic acids is 1. The smallest absolute Gasteiger partial charge is 0.416 e. The molecule has 7 nitrogen and oxygen atoms in total. The van der Waals surface area contributed by atoms with Gasteiger partial charge in [-0.05, 0) is 24.3 Å². The standard InChI is InChI=1S/C15H13F3N2O5/c1-24-6-7-25-11-8-20(19-12(13(11)21)14(22)23)10-4-2-9(3-5-10)15(16,17)18/h2-5,8H,6-7H2,1H3,(H,22,23). The highest BCUT2D eigenvalue weighted by molar-refractivity contribution is 5.85. The summed E-state index contributed by atoms with van der Waals surface area (Å²) >= 11 is 0. The highest BCUT2D eigenvalue weighted by Crippen LogP contribution is 2.29. The van der Waals surface area contributed by atoms with E-state index in [1.165, 1.54) is 7.11 Å². The third-order valence-electron chi connectivity index (χ3n) is 3.09. The van der Waals surface area contributed by atoms with E-state index in [4.69, 9.17) is 14.6 Å². The molecule has 2 aromatic rings. The van der Waals surface area contributed by atoms with Crippen LogP contribution in [-0.2, 0) is 10.9 Å². The van der Waals surface area contributed by atoms with E-state index in [1.807, 2.05) is 0 Å². The lowest BCUT2D eigenvalue weighted by Gasteiger charge is -2.12. The van der Waals surface area contributed by atoms with Gasteiger partial charge in [0.2, 0.25) is 5.69 Å². The van der Waals surface area contributed by atoms with Gasteiger partial charge in [0, 0.05) is 7.11 Å². The number of methoxy groups -OCH3 is 1. The first-order chi connectivity index (χ1) is 11.7. The fourth-order valence-electron chi connectivity index (χ4n) is 1.88. The van der Waals surface area contributed by atoms with Crippen LogP contribution in [0.3, 0.4) is 0 Å². The van der Waals surface area contributed by atoms with Crippen molar-refractivity contribution in [3.05, 3.63) is 51.9 Å². The Morgan fingerprint density at radius 2 is 1.88 bits per heavy atom. The van der Waals surface area contributed by atoms with Gasteiger partial charge in [0.15, 0.2) is 5.75 Å². The van der Waals surface area contributed by atoms with Crippen molar-refractivity contribution >= 4 is 5.97 Å². The summed E-state index contributed by atoms with van der Waals surface area (Å²) in [5.74, 6) is -1.88. The normalized spacial score (nSPS) is 11.4. The van der Waals surface area contributed by atoms with Crippen LogP contribution >= 0.6 is 0 Å². The molecule has 0 spiro atoms. The third kappa shape index (κ3) is 4.35. The second-order valence-corrected chi connectivity index (χ2v) is 4.81. The zero-order valence-corrected chi connectivity index (χ0v) is 12.9. The maximum Gasteiger partial charge on any atom is 0.416 e. The Morgan fingerprint density at radius 3 is 2.40 bits per heavy atom. The number of halogens is 3. The minimum Gasteiger partial charge on any atom is -0.485 e. The van der Waals surface area contributed by atoms with Crippen LogP contribution < -0.4 is 10.2 Å². The summed E-state index contributed by atoms with van der Waals surface area (Å²) < 4.78 is 48.7. The quantitative estimate of drug-likeness (QED) is 0.794. The number of rotatable bonds is 6. The van der Waals surface area contributed by atoms with Crippen LogP contribution in [0.5, 0.6) is 5.75 Å². The molecule has 134 valence electrons. The number of carboxylic acids is 1. The topological polar surface area (TPSA) is 90.7 Å². The lowest BCUT2D eigenvalue weighted by atomic mass is 10.2. The molecule has 0 saturated heterocycles. The number of hydrogen-bond acceptors (Lipinski definition) is 5. The van der Waals surface area contributed by atoms with Gasteiger partial charge in [0.05, 0.1) is 24.1 Å². The average Bonchev–Trinajstić information content (AvgIpc) is 2.55. The summed E-state index contributed by atoms with van der Waals surface area (Å²) in [7, 11) is 1.42. The van der Waals surface area contributed by atoms with Crippen molar-refractivity contribution in [3.63, 3.8) is 0 Å². The summed E-state index contributed by atoms with van der Waals surface area (Å²) in [6.07, 6.45) is -3.40. The van der Waals surface area contributed by atoms with Crippen LogP contribution in [-0.4, -0.2) is 41.2 Å². The molecule has 0 saturated carbocycles. The first-order valence-corrected chi connectivity index (χ1v) is 6.90. The van der Waals surface area contributed by atoms with Crippen molar-refractivity contribution in [3.8, 4) is 11.4 Å². The molecule has 0 fully saturated rings. The molecule has 0 aliphatic carbocycles. The molecular weight excluding hydrogens is 345 g/mol. The van der Waals surface area contributed by atoms with E-state index in [0.717, 1.165) is 35.1 Å². The van der Waals surface area contributed by atoms with Gasteiger partial charge in [-0.3, -0.25) is 4.79 Å². The Morgan fingerprint density at radius 1 is 1.24 bits per heavy atom. The van der Waals surface area contributed by atoms with Crippen molar-refractivity contribution in [2.24, 2.45) is 0 Å². The highest BCUT2D eigenvalue weighted by Gasteiger charge is 2.30. The lowest BCUT2D eigenvalue weighted by Crippen LogP contribution is -2.24. The largest absolute Gasteiger partial charge is 0.485 e. The van der Waals surface area contributed by atoms with E-state index >= 15 is 0 Å². The maximum absolute atomic E-state index is 12.6. The lowest BCUT2D eigenvalue weighted by molar-refractivity contribution is -0.137. The second kappa shape index (κ2) is 7.34. The Labute approximate surface area is 139 Å². The third-order valence-corrected chi connectivity index (χ3v) is 3.09. The summed E-state index contributed by atoms with van der Waals surface area (Å²) in [5.41, 5.74) is -2.49. The molecular formula is C15H13F3N2O5. The highest BCUT2D eigenvalue weighted by atomic mass is 19.4. The molecule has 0 atom stereocenters. The predicted molar refractivity (Wildman–Crippen MR) is 79.2 cm³/mol. The molecule has 1 aromatic heterocycles. The number of benzene rings is 1. The Hall–Kier alpha value is -2.88. The fourth-order valence-corrected chi connectivity index (χ4v) is 1.88. The number of aromatic nitrogens is 2. The average molecular weight is 358 g/mol. The summed E-state index contributed by atoms with van der Waals surface area (Å²) in [4.78, 5) is 23.2. The van der Waals surface area contributed by atoms with E-state index in [9.17, 15) is 22.8 Å². The van der Waals surface area contributed by atoms with Gasteiger partial charge in [-0.1, -0.05) is 0 Å². The molecule has 0 aliphatic rings. The van der Waals surface area contributed by atoms with Crippen molar-refractivity contribution in [1.29, 1.82) is 0 Å². The molecule has 25 heavy (non-hydrogen) atoms. The number of carboxylic acid groups (broad SMARTS) is 1. The molecule has 0 unspecified atom stereocenters. The molecule has 10 heteroatoms. The van der Waals surface area contributed by atoms with Crippen LogP contribution in [0.4, 0.5) is 13.2 Å². The van der Waals surface area contributed by atoms with E-state index in [1.54, 1.807) is 0 Å². The molecule has 0 aliphatic heterocycles. The molecule has 1 N–H and O–H groups in total. The van der Waals surface area contributed by atoms with Gasteiger partial charge < -0.3 is 14.6 Å². The Balaban J connectivity index is 2.46. The summed E-state index contributed by atoms with van der Waals surface area (Å²) in [6, 6.07) is 3.84. The van der Waals surface area contributed by atoms with Crippen molar-refractivity contribution in [1.82, 2.24) is 9.78 Å². The summed E-state index contributed by atoms with van der Waals surface area (Å²) in [5, 5.41) is 12.7. The Bertz CT molecular complexity index is 815. The van der Waals surface area contributed by atoms with Crippen LogP contribution in [0.25, 0.3) is 5.69 Å². The minimum atomic E-state index is -4.50.